The zero-order valence-corrected chi connectivity index (χ0v) is 9.09. The predicted molar refractivity (Wildman–Crippen MR) is 59.5 cm³/mol. The van der Waals surface area contributed by atoms with Gasteiger partial charge in [0.1, 0.15) is 0 Å². The van der Waals surface area contributed by atoms with Crippen LogP contribution < -0.4 is 5.73 Å². The summed E-state index contributed by atoms with van der Waals surface area (Å²) >= 11 is 5.96. The molecule has 0 aliphatic carbocycles. The highest BCUT2D eigenvalue weighted by Gasteiger charge is 2.21. The van der Waals surface area contributed by atoms with Crippen LogP contribution in [-0.4, -0.2) is 24.5 Å². The van der Waals surface area contributed by atoms with Crippen LogP contribution in [0.25, 0.3) is 0 Å². The summed E-state index contributed by atoms with van der Waals surface area (Å²) in [4.78, 5) is 2.30. The van der Waals surface area contributed by atoms with Gasteiger partial charge < -0.3 is 5.73 Å². The summed E-state index contributed by atoms with van der Waals surface area (Å²) in [6.45, 7) is 1.69. The minimum Gasteiger partial charge on any atom is -0.329 e. The standard InChI is InChI=1S/C11H15ClN2/c1-14-7-8-2-3-10(12)4-9(8)5-11(14)6-13/h2-4,11H,5-7,13H2,1H3/t11-/m0/s1. The molecule has 1 aliphatic rings. The van der Waals surface area contributed by atoms with Crippen LogP contribution in [0.1, 0.15) is 11.1 Å². The van der Waals surface area contributed by atoms with E-state index in [4.69, 9.17) is 17.3 Å². The fraction of sp³-hybridized carbons (Fsp3) is 0.455. The molecule has 3 heteroatoms. The highest BCUT2D eigenvalue weighted by molar-refractivity contribution is 6.30. The fourth-order valence-electron chi connectivity index (χ4n) is 2.01. The van der Waals surface area contributed by atoms with Crippen LogP contribution in [0.15, 0.2) is 18.2 Å². The maximum atomic E-state index is 5.96. The van der Waals surface area contributed by atoms with Gasteiger partial charge in [0.2, 0.25) is 0 Å². The van der Waals surface area contributed by atoms with Gasteiger partial charge in [0.15, 0.2) is 0 Å². The van der Waals surface area contributed by atoms with Crippen LogP contribution in [0.4, 0.5) is 0 Å². The molecule has 0 bridgehead atoms. The lowest BCUT2D eigenvalue weighted by Gasteiger charge is -2.33. The Labute approximate surface area is 89.7 Å². The van der Waals surface area contributed by atoms with Gasteiger partial charge in [0.05, 0.1) is 0 Å². The third-order valence-electron chi connectivity index (χ3n) is 2.94. The van der Waals surface area contributed by atoms with Crippen molar-refractivity contribution in [1.29, 1.82) is 0 Å². The number of rotatable bonds is 1. The van der Waals surface area contributed by atoms with Gasteiger partial charge in [0, 0.05) is 24.2 Å². The maximum Gasteiger partial charge on any atom is 0.0408 e. The molecule has 0 fully saturated rings. The van der Waals surface area contributed by atoms with E-state index in [0.717, 1.165) is 18.0 Å². The third-order valence-corrected chi connectivity index (χ3v) is 3.17. The van der Waals surface area contributed by atoms with E-state index in [2.05, 4.69) is 24.1 Å². The van der Waals surface area contributed by atoms with Crippen molar-refractivity contribution in [2.45, 2.75) is 19.0 Å². The first-order chi connectivity index (χ1) is 6.70. The highest BCUT2D eigenvalue weighted by atomic mass is 35.5. The Morgan fingerprint density at radius 3 is 3.00 bits per heavy atom. The van der Waals surface area contributed by atoms with Crippen LogP contribution in [0.3, 0.4) is 0 Å². The topological polar surface area (TPSA) is 29.3 Å². The minimum atomic E-state index is 0.459. The molecule has 1 aliphatic heterocycles. The van der Waals surface area contributed by atoms with Crippen LogP contribution in [-0.2, 0) is 13.0 Å². The van der Waals surface area contributed by atoms with Gasteiger partial charge in [0.25, 0.3) is 0 Å². The van der Waals surface area contributed by atoms with Crippen molar-refractivity contribution in [3.8, 4) is 0 Å². The molecule has 0 unspecified atom stereocenters. The summed E-state index contributed by atoms with van der Waals surface area (Å²) in [6.07, 6.45) is 1.02. The molecule has 1 aromatic carbocycles. The number of hydrogen-bond donors (Lipinski definition) is 1. The van der Waals surface area contributed by atoms with E-state index in [1.165, 1.54) is 11.1 Å². The first-order valence-corrected chi connectivity index (χ1v) is 5.26. The number of nitrogens with zero attached hydrogens (tertiary/aromatic N) is 1. The zero-order valence-electron chi connectivity index (χ0n) is 8.33. The fourth-order valence-corrected chi connectivity index (χ4v) is 2.20. The van der Waals surface area contributed by atoms with E-state index in [0.29, 0.717) is 12.6 Å². The van der Waals surface area contributed by atoms with Crippen molar-refractivity contribution >= 4 is 11.6 Å². The second-order valence-electron chi connectivity index (χ2n) is 3.92. The Bertz CT molecular complexity index is 338. The maximum absolute atomic E-state index is 5.96. The first-order valence-electron chi connectivity index (χ1n) is 4.88. The molecule has 1 heterocycles. The van der Waals surface area contributed by atoms with Crippen LogP contribution >= 0.6 is 11.6 Å². The molecule has 2 N–H and O–H groups in total. The molecule has 2 rings (SSSR count). The number of hydrogen-bond acceptors (Lipinski definition) is 2. The van der Waals surface area contributed by atoms with E-state index in [1.807, 2.05) is 6.07 Å². The van der Waals surface area contributed by atoms with Crippen molar-refractivity contribution in [2.75, 3.05) is 13.6 Å². The average Bonchev–Trinajstić information content (AvgIpc) is 2.17. The second-order valence-corrected chi connectivity index (χ2v) is 4.36. The van der Waals surface area contributed by atoms with E-state index in [1.54, 1.807) is 0 Å². The number of likely N-dealkylation sites (N-methyl/N-ethyl adjacent to an activating group) is 1. The minimum absolute atomic E-state index is 0.459. The van der Waals surface area contributed by atoms with Crippen molar-refractivity contribution in [2.24, 2.45) is 5.73 Å². The summed E-state index contributed by atoms with van der Waals surface area (Å²) in [6, 6.07) is 6.59. The summed E-state index contributed by atoms with van der Waals surface area (Å²) in [5.74, 6) is 0. The van der Waals surface area contributed by atoms with Gasteiger partial charge in [-0.15, -0.1) is 0 Å². The molecular weight excluding hydrogens is 196 g/mol. The quantitative estimate of drug-likeness (QED) is 0.764. The van der Waals surface area contributed by atoms with Crippen molar-refractivity contribution in [3.63, 3.8) is 0 Å². The van der Waals surface area contributed by atoms with Gasteiger partial charge >= 0.3 is 0 Å². The lowest BCUT2D eigenvalue weighted by molar-refractivity contribution is 0.221. The lowest BCUT2D eigenvalue weighted by Crippen LogP contribution is -2.42. The van der Waals surface area contributed by atoms with E-state index in [-0.39, 0.29) is 0 Å². The number of nitrogens with two attached hydrogens (primary N) is 1. The lowest BCUT2D eigenvalue weighted by atomic mass is 9.94. The van der Waals surface area contributed by atoms with E-state index < -0.39 is 0 Å². The van der Waals surface area contributed by atoms with Crippen LogP contribution in [0.5, 0.6) is 0 Å². The van der Waals surface area contributed by atoms with E-state index >= 15 is 0 Å². The van der Waals surface area contributed by atoms with Gasteiger partial charge in [-0.25, -0.2) is 0 Å². The van der Waals surface area contributed by atoms with Crippen LogP contribution in [0, 0.1) is 0 Å². The Morgan fingerprint density at radius 1 is 1.50 bits per heavy atom. The van der Waals surface area contributed by atoms with Gasteiger partial charge in [-0.1, -0.05) is 17.7 Å². The molecule has 1 atom stereocenters. The molecule has 0 saturated heterocycles. The largest absolute Gasteiger partial charge is 0.329 e. The van der Waals surface area contributed by atoms with Gasteiger partial charge in [-0.05, 0) is 36.7 Å². The summed E-state index contributed by atoms with van der Waals surface area (Å²) in [7, 11) is 2.12. The third kappa shape index (κ3) is 1.78. The molecule has 1 aromatic rings. The molecule has 0 amide bonds. The number of benzene rings is 1. The predicted octanol–water partition coefficient (Wildman–Crippen LogP) is 1.66. The summed E-state index contributed by atoms with van der Waals surface area (Å²) in [5, 5.41) is 0.823. The molecule has 0 aromatic heterocycles. The summed E-state index contributed by atoms with van der Waals surface area (Å²) < 4.78 is 0. The second kappa shape index (κ2) is 3.89. The van der Waals surface area contributed by atoms with E-state index in [9.17, 15) is 0 Å². The molecular formula is C11H15ClN2. The van der Waals surface area contributed by atoms with Crippen LogP contribution in [0.2, 0.25) is 5.02 Å². The smallest absolute Gasteiger partial charge is 0.0408 e. The Hall–Kier alpha value is -0.570. The zero-order chi connectivity index (χ0) is 10.1. The van der Waals surface area contributed by atoms with Crippen molar-refractivity contribution in [1.82, 2.24) is 4.90 Å². The molecule has 0 saturated carbocycles. The average molecular weight is 211 g/mol. The van der Waals surface area contributed by atoms with Gasteiger partial charge in [-0.3, -0.25) is 4.90 Å². The highest BCUT2D eigenvalue weighted by Crippen LogP contribution is 2.24. The van der Waals surface area contributed by atoms with Crippen molar-refractivity contribution in [3.05, 3.63) is 34.3 Å². The van der Waals surface area contributed by atoms with Crippen molar-refractivity contribution < 1.29 is 0 Å². The summed E-state index contributed by atoms with van der Waals surface area (Å²) in [5.41, 5.74) is 8.44. The monoisotopic (exact) mass is 210 g/mol. The Morgan fingerprint density at radius 2 is 2.29 bits per heavy atom. The molecule has 0 radical (unpaired) electrons. The molecule has 14 heavy (non-hydrogen) atoms. The molecule has 0 spiro atoms. The number of halogens is 1. The van der Waals surface area contributed by atoms with Gasteiger partial charge in [-0.2, -0.15) is 0 Å². The molecule has 76 valence electrons. The first kappa shape index (κ1) is 9.97. The molecule has 2 nitrogen and oxygen atoms in total. The Balaban J connectivity index is 2.31. The SMILES string of the molecule is CN1Cc2ccc(Cl)cc2C[C@H]1CN. The Kier molecular flexibility index (Phi) is 2.77. The normalized spacial score (nSPS) is 22.1. The number of fused-ring (bicyclic) bond motifs is 1.